The Morgan fingerprint density at radius 1 is 1.04 bits per heavy atom. The van der Waals surface area contributed by atoms with Crippen molar-refractivity contribution in [1.82, 2.24) is 19.4 Å². The molecule has 118 valence electrons. The van der Waals surface area contributed by atoms with E-state index < -0.39 is 0 Å². The van der Waals surface area contributed by atoms with Gasteiger partial charge in [-0.3, -0.25) is 4.90 Å². The molecule has 0 atom stereocenters. The van der Waals surface area contributed by atoms with E-state index in [1.807, 2.05) is 12.3 Å². The van der Waals surface area contributed by atoms with Gasteiger partial charge in [-0.2, -0.15) is 0 Å². The average molecular weight is 306 g/mol. The van der Waals surface area contributed by atoms with Gasteiger partial charge in [0.2, 0.25) is 0 Å². The average Bonchev–Trinajstić information content (AvgIpc) is 2.92. The standard InChI is InChI=1S/C19H22N4/c1-15-21-18-8-5-11-20-19(18)23(15)17-9-12-22(13-10-17)14-16-6-3-2-4-7-16/h2-8,11,17H,9-10,12-14H2,1H3. The van der Waals surface area contributed by atoms with Gasteiger partial charge < -0.3 is 4.57 Å². The SMILES string of the molecule is Cc1nc2cccnc2n1C1CCN(Cc2ccccc2)CC1. The summed E-state index contributed by atoms with van der Waals surface area (Å²) in [5.41, 5.74) is 3.44. The van der Waals surface area contributed by atoms with E-state index in [2.05, 4.69) is 62.8 Å². The molecule has 2 aromatic heterocycles. The van der Waals surface area contributed by atoms with Crippen molar-refractivity contribution in [3.63, 3.8) is 0 Å². The summed E-state index contributed by atoms with van der Waals surface area (Å²) in [6.45, 7) is 5.41. The summed E-state index contributed by atoms with van der Waals surface area (Å²) in [6, 6.07) is 15.3. The van der Waals surface area contributed by atoms with Crippen LogP contribution in [-0.4, -0.2) is 32.5 Å². The lowest BCUT2D eigenvalue weighted by atomic mass is 10.0. The van der Waals surface area contributed by atoms with Gasteiger partial charge in [0.25, 0.3) is 0 Å². The molecule has 1 aliphatic heterocycles. The largest absolute Gasteiger partial charge is 0.310 e. The minimum absolute atomic E-state index is 0.516. The Bertz CT molecular complexity index is 785. The lowest BCUT2D eigenvalue weighted by Gasteiger charge is -2.33. The number of pyridine rings is 1. The van der Waals surface area contributed by atoms with E-state index in [4.69, 9.17) is 0 Å². The molecule has 3 aromatic rings. The molecular weight excluding hydrogens is 284 g/mol. The third-order valence-electron chi connectivity index (χ3n) is 4.80. The number of piperidine rings is 1. The highest BCUT2D eigenvalue weighted by atomic mass is 15.2. The van der Waals surface area contributed by atoms with Gasteiger partial charge in [-0.15, -0.1) is 0 Å². The number of hydrogen-bond donors (Lipinski definition) is 0. The normalized spacial score (nSPS) is 16.9. The molecule has 3 heterocycles. The van der Waals surface area contributed by atoms with Crippen LogP contribution >= 0.6 is 0 Å². The zero-order chi connectivity index (χ0) is 15.6. The molecule has 0 amide bonds. The van der Waals surface area contributed by atoms with Crippen molar-refractivity contribution in [2.45, 2.75) is 32.4 Å². The fourth-order valence-electron chi connectivity index (χ4n) is 3.66. The van der Waals surface area contributed by atoms with Crippen LogP contribution in [0, 0.1) is 6.92 Å². The van der Waals surface area contributed by atoms with E-state index in [1.54, 1.807) is 0 Å². The van der Waals surface area contributed by atoms with Crippen molar-refractivity contribution >= 4 is 11.2 Å². The number of aromatic nitrogens is 3. The zero-order valence-corrected chi connectivity index (χ0v) is 13.5. The molecule has 0 unspecified atom stereocenters. The molecule has 0 N–H and O–H groups in total. The van der Waals surface area contributed by atoms with Crippen molar-refractivity contribution in [3.05, 3.63) is 60.0 Å². The fourth-order valence-corrected chi connectivity index (χ4v) is 3.66. The monoisotopic (exact) mass is 306 g/mol. The summed E-state index contributed by atoms with van der Waals surface area (Å²) < 4.78 is 2.34. The fraction of sp³-hybridized carbons (Fsp3) is 0.368. The molecule has 1 aliphatic rings. The number of likely N-dealkylation sites (tertiary alicyclic amines) is 1. The number of benzene rings is 1. The van der Waals surface area contributed by atoms with Crippen LogP contribution in [0.2, 0.25) is 0 Å². The van der Waals surface area contributed by atoms with Crippen LogP contribution in [0.4, 0.5) is 0 Å². The molecule has 1 fully saturated rings. The van der Waals surface area contributed by atoms with Crippen molar-refractivity contribution in [2.24, 2.45) is 0 Å². The smallest absolute Gasteiger partial charge is 0.160 e. The first-order chi connectivity index (χ1) is 11.3. The summed E-state index contributed by atoms with van der Waals surface area (Å²) in [4.78, 5) is 11.8. The second-order valence-electron chi connectivity index (χ2n) is 6.37. The summed E-state index contributed by atoms with van der Waals surface area (Å²) in [6.07, 6.45) is 4.19. The molecule has 1 aromatic carbocycles. The number of nitrogens with zero attached hydrogens (tertiary/aromatic N) is 4. The Hall–Kier alpha value is -2.20. The molecule has 0 saturated carbocycles. The van der Waals surface area contributed by atoms with Crippen LogP contribution < -0.4 is 0 Å². The summed E-state index contributed by atoms with van der Waals surface area (Å²) in [7, 11) is 0. The van der Waals surface area contributed by atoms with Crippen LogP contribution in [0.5, 0.6) is 0 Å². The highest BCUT2D eigenvalue weighted by Crippen LogP contribution is 2.28. The number of imidazole rings is 1. The Morgan fingerprint density at radius 2 is 1.83 bits per heavy atom. The number of hydrogen-bond acceptors (Lipinski definition) is 3. The first kappa shape index (κ1) is 14.4. The van der Waals surface area contributed by atoms with E-state index in [9.17, 15) is 0 Å². The number of aryl methyl sites for hydroxylation is 1. The van der Waals surface area contributed by atoms with E-state index in [1.165, 1.54) is 5.56 Å². The molecule has 4 rings (SSSR count). The van der Waals surface area contributed by atoms with Crippen molar-refractivity contribution in [3.8, 4) is 0 Å². The Labute approximate surface area is 136 Å². The predicted octanol–water partition coefficient (Wildman–Crippen LogP) is 3.58. The Kier molecular flexibility index (Phi) is 3.83. The van der Waals surface area contributed by atoms with Crippen LogP contribution in [0.1, 0.15) is 30.3 Å². The number of fused-ring (bicyclic) bond motifs is 1. The van der Waals surface area contributed by atoms with Gasteiger partial charge in [0.15, 0.2) is 5.65 Å². The van der Waals surface area contributed by atoms with Gasteiger partial charge in [-0.1, -0.05) is 30.3 Å². The first-order valence-electron chi connectivity index (χ1n) is 8.37. The lowest BCUT2D eigenvalue weighted by Crippen LogP contribution is -2.34. The maximum Gasteiger partial charge on any atom is 0.160 e. The van der Waals surface area contributed by atoms with Gasteiger partial charge in [-0.25, -0.2) is 9.97 Å². The Balaban J connectivity index is 1.48. The van der Waals surface area contributed by atoms with Gasteiger partial charge in [0.1, 0.15) is 11.3 Å². The first-order valence-corrected chi connectivity index (χ1v) is 8.37. The minimum atomic E-state index is 0.516. The highest BCUT2D eigenvalue weighted by molar-refractivity contribution is 5.71. The summed E-state index contributed by atoms with van der Waals surface area (Å²) in [5, 5.41) is 0. The van der Waals surface area contributed by atoms with Gasteiger partial charge in [0, 0.05) is 31.9 Å². The predicted molar refractivity (Wildman–Crippen MR) is 92.3 cm³/mol. The van der Waals surface area contributed by atoms with Crippen LogP contribution in [0.15, 0.2) is 48.7 Å². The van der Waals surface area contributed by atoms with Crippen molar-refractivity contribution in [1.29, 1.82) is 0 Å². The molecule has 4 nitrogen and oxygen atoms in total. The maximum absolute atomic E-state index is 4.66. The van der Waals surface area contributed by atoms with Crippen LogP contribution in [0.25, 0.3) is 11.2 Å². The summed E-state index contributed by atoms with van der Waals surface area (Å²) >= 11 is 0. The quantitative estimate of drug-likeness (QED) is 0.742. The minimum Gasteiger partial charge on any atom is -0.310 e. The van der Waals surface area contributed by atoms with Crippen LogP contribution in [0.3, 0.4) is 0 Å². The van der Waals surface area contributed by atoms with Crippen molar-refractivity contribution < 1.29 is 0 Å². The molecule has 0 bridgehead atoms. The Morgan fingerprint density at radius 3 is 2.61 bits per heavy atom. The molecule has 0 spiro atoms. The number of rotatable bonds is 3. The lowest BCUT2D eigenvalue weighted by molar-refractivity contribution is 0.180. The van der Waals surface area contributed by atoms with E-state index >= 15 is 0 Å². The van der Waals surface area contributed by atoms with Crippen molar-refractivity contribution in [2.75, 3.05) is 13.1 Å². The summed E-state index contributed by atoms with van der Waals surface area (Å²) in [5.74, 6) is 1.08. The highest BCUT2D eigenvalue weighted by Gasteiger charge is 2.23. The van der Waals surface area contributed by atoms with E-state index in [0.717, 1.165) is 49.5 Å². The van der Waals surface area contributed by atoms with Crippen LogP contribution in [-0.2, 0) is 6.54 Å². The molecular formula is C19H22N4. The molecule has 23 heavy (non-hydrogen) atoms. The molecule has 0 radical (unpaired) electrons. The zero-order valence-electron chi connectivity index (χ0n) is 13.5. The van der Waals surface area contributed by atoms with E-state index in [-0.39, 0.29) is 0 Å². The second-order valence-corrected chi connectivity index (χ2v) is 6.37. The third-order valence-corrected chi connectivity index (χ3v) is 4.80. The van der Waals surface area contributed by atoms with Gasteiger partial charge >= 0.3 is 0 Å². The maximum atomic E-state index is 4.66. The van der Waals surface area contributed by atoms with Gasteiger partial charge in [0.05, 0.1) is 0 Å². The molecule has 4 heteroatoms. The molecule has 0 aliphatic carbocycles. The van der Waals surface area contributed by atoms with E-state index in [0.29, 0.717) is 6.04 Å². The molecule has 1 saturated heterocycles. The topological polar surface area (TPSA) is 34.0 Å². The second kappa shape index (κ2) is 6.13. The third kappa shape index (κ3) is 2.86. The van der Waals surface area contributed by atoms with Gasteiger partial charge in [-0.05, 0) is 37.5 Å².